The molecule has 0 unspecified atom stereocenters. The van der Waals surface area contributed by atoms with E-state index >= 15 is 0 Å². The van der Waals surface area contributed by atoms with Gasteiger partial charge in [-0.3, -0.25) is 4.79 Å². The number of hydrogen-bond acceptors (Lipinski definition) is 3. The van der Waals surface area contributed by atoms with Crippen LogP contribution in [0.4, 0.5) is 0 Å². The van der Waals surface area contributed by atoms with Crippen molar-refractivity contribution in [2.75, 3.05) is 27.3 Å². The van der Waals surface area contributed by atoms with Gasteiger partial charge in [0.05, 0.1) is 0 Å². The van der Waals surface area contributed by atoms with Crippen LogP contribution in [0.1, 0.15) is 22.3 Å². The van der Waals surface area contributed by atoms with Crippen LogP contribution < -0.4 is 0 Å². The van der Waals surface area contributed by atoms with Gasteiger partial charge in [-0.25, -0.2) is 0 Å². The van der Waals surface area contributed by atoms with E-state index in [-0.39, 0.29) is 5.91 Å². The maximum absolute atomic E-state index is 12.3. The minimum Gasteiger partial charge on any atom is -0.385 e. The third-order valence-electron chi connectivity index (χ3n) is 3.54. The number of thioether (sulfide) groups is 1. The van der Waals surface area contributed by atoms with Crippen molar-refractivity contribution in [3.05, 3.63) is 65.7 Å². The lowest BCUT2D eigenvalue weighted by Gasteiger charge is -2.17. The molecule has 2 aromatic carbocycles. The van der Waals surface area contributed by atoms with Crippen molar-refractivity contribution < 1.29 is 9.53 Å². The lowest BCUT2D eigenvalue weighted by Crippen LogP contribution is -2.28. The van der Waals surface area contributed by atoms with Crippen LogP contribution in [0.15, 0.2) is 59.5 Å². The summed E-state index contributed by atoms with van der Waals surface area (Å²) in [5.74, 6) is 0.964. The SMILES string of the molecule is COCCCN(C)C(=O)c1ccc(CSc2ccccc2)cc1. The van der Waals surface area contributed by atoms with Crippen molar-refractivity contribution in [2.24, 2.45) is 0 Å². The molecule has 0 spiro atoms. The van der Waals surface area contributed by atoms with Crippen molar-refractivity contribution >= 4 is 17.7 Å². The van der Waals surface area contributed by atoms with Crippen LogP contribution in [0.3, 0.4) is 0 Å². The smallest absolute Gasteiger partial charge is 0.253 e. The van der Waals surface area contributed by atoms with E-state index in [0.29, 0.717) is 13.2 Å². The van der Waals surface area contributed by atoms with Crippen LogP contribution in [0.25, 0.3) is 0 Å². The summed E-state index contributed by atoms with van der Waals surface area (Å²) in [4.78, 5) is 15.3. The minimum atomic E-state index is 0.0587. The minimum absolute atomic E-state index is 0.0587. The van der Waals surface area contributed by atoms with Crippen LogP contribution >= 0.6 is 11.8 Å². The molecule has 4 heteroatoms. The first-order valence-electron chi connectivity index (χ1n) is 7.72. The fourth-order valence-electron chi connectivity index (χ4n) is 2.19. The third kappa shape index (κ3) is 5.73. The molecule has 1 amide bonds. The molecule has 0 aromatic heterocycles. The van der Waals surface area contributed by atoms with E-state index in [1.807, 2.05) is 49.5 Å². The molecule has 0 bridgehead atoms. The summed E-state index contributed by atoms with van der Waals surface area (Å²) in [5, 5.41) is 0. The van der Waals surface area contributed by atoms with Crippen LogP contribution in [0.5, 0.6) is 0 Å². The topological polar surface area (TPSA) is 29.5 Å². The number of benzene rings is 2. The average Bonchev–Trinajstić information content (AvgIpc) is 2.61. The Morgan fingerprint density at radius 1 is 1.09 bits per heavy atom. The molecule has 0 fully saturated rings. The molecule has 3 nitrogen and oxygen atoms in total. The highest BCUT2D eigenvalue weighted by molar-refractivity contribution is 7.98. The van der Waals surface area contributed by atoms with Crippen LogP contribution in [0.2, 0.25) is 0 Å². The van der Waals surface area contributed by atoms with Gasteiger partial charge in [0.25, 0.3) is 5.91 Å². The number of hydrogen-bond donors (Lipinski definition) is 0. The highest BCUT2D eigenvalue weighted by Gasteiger charge is 2.11. The first kappa shape index (κ1) is 17.6. The van der Waals surface area contributed by atoms with Gasteiger partial charge in [0.15, 0.2) is 0 Å². The summed E-state index contributed by atoms with van der Waals surface area (Å²) in [6, 6.07) is 18.2. The van der Waals surface area contributed by atoms with Gasteiger partial charge in [-0.1, -0.05) is 30.3 Å². The van der Waals surface area contributed by atoms with Gasteiger partial charge < -0.3 is 9.64 Å². The van der Waals surface area contributed by atoms with Crippen molar-refractivity contribution in [3.63, 3.8) is 0 Å². The standard InChI is InChI=1S/C19H23NO2S/c1-20(13-6-14-22-2)19(21)17-11-9-16(10-12-17)15-23-18-7-4-3-5-8-18/h3-5,7-12H,6,13-15H2,1-2H3. The maximum atomic E-state index is 12.3. The highest BCUT2D eigenvalue weighted by Crippen LogP contribution is 2.22. The highest BCUT2D eigenvalue weighted by atomic mass is 32.2. The first-order valence-corrected chi connectivity index (χ1v) is 8.70. The molecule has 2 aromatic rings. The van der Waals surface area contributed by atoms with E-state index in [9.17, 15) is 4.79 Å². The second-order valence-electron chi connectivity index (χ2n) is 5.37. The van der Waals surface area contributed by atoms with E-state index in [4.69, 9.17) is 4.74 Å². The molecule has 0 atom stereocenters. The van der Waals surface area contributed by atoms with E-state index in [1.54, 1.807) is 23.8 Å². The number of carbonyl (C=O) groups excluding carboxylic acids is 1. The molecule has 0 radical (unpaired) electrons. The van der Waals surface area contributed by atoms with Crippen molar-refractivity contribution in [1.29, 1.82) is 0 Å². The number of amides is 1. The molecule has 0 N–H and O–H groups in total. The quantitative estimate of drug-likeness (QED) is 0.540. The molecule has 0 saturated heterocycles. The summed E-state index contributed by atoms with van der Waals surface area (Å²) in [7, 11) is 3.51. The fourth-order valence-corrected chi connectivity index (χ4v) is 3.07. The summed E-state index contributed by atoms with van der Waals surface area (Å²) < 4.78 is 5.02. The fraction of sp³-hybridized carbons (Fsp3) is 0.316. The largest absolute Gasteiger partial charge is 0.385 e. The summed E-state index contributed by atoms with van der Waals surface area (Å²) in [6.45, 7) is 1.38. The van der Waals surface area contributed by atoms with Gasteiger partial charge >= 0.3 is 0 Å². The Kier molecular flexibility index (Phi) is 7.17. The van der Waals surface area contributed by atoms with Gasteiger partial charge in [0.2, 0.25) is 0 Å². The second-order valence-corrected chi connectivity index (χ2v) is 6.42. The van der Waals surface area contributed by atoms with Crippen molar-refractivity contribution in [2.45, 2.75) is 17.1 Å². The Bertz CT molecular complexity index is 599. The Balaban J connectivity index is 1.87. The predicted octanol–water partition coefficient (Wildman–Crippen LogP) is 4.09. The molecule has 0 aliphatic carbocycles. The summed E-state index contributed by atoms with van der Waals surface area (Å²) >= 11 is 1.80. The number of carbonyl (C=O) groups is 1. The van der Waals surface area contributed by atoms with Crippen molar-refractivity contribution in [3.8, 4) is 0 Å². The lowest BCUT2D eigenvalue weighted by molar-refractivity contribution is 0.0779. The van der Waals surface area contributed by atoms with Gasteiger partial charge in [0, 0.05) is 43.5 Å². The van der Waals surface area contributed by atoms with E-state index in [2.05, 4.69) is 12.1 Å². The van der Waals surface area contributed by atoms with Gasteiger partial charge in [-0.05, 0) is 36.2 Å². The predicted molar refractivity (Wildman–Crippen MR) is 95.9 cm³/mol. The van der Waals surface area contributed by atoms with E-state index < -0.39 is 0 Å². The molecular formula is C19H23NO2S. The van der Waals surface area contributed by atoms with E-state index in [1.165, 1.54) is 10.5 Å². The van der Waals surface area contributed by atoms with Crippen LogP contribution in [-0.2, 0) is 10.5 Å². The number of nitrogens with zero attached hydrogens (tertiary/aromatic N) is 1. The summed E-state index contributed by atoms with van der Waals surface area (Å²) in [6.07, 6.45) is 0.852. The van der Waals surface area contributed by atoms with Gasteiger partial charge in [0.1, 0.15) is 0 Å². The summed E-state index contributed by atoms with van der Waals surface area (Å²) in [5.41, 5.74) is 1.95. The Morgan fingerprint density at radius 3 is 2.43 bits per heavy atom. The molecule has 0 aliphatic rings. The Labute approximate surface area is 142 Å². The monoisotopic (exact) mass is 329 g/mol. The molecule has 122 valence electrons. The molecule has 0 aliphatic heterocycles. The maximum Gasteiger partial charge on any atom is 0.253 e. The Hall–Kier alpha value is -1.78. The number of ether oxygens (including phenoxy) is 1. The molecule has 0 saturated carbocycles. The van der Waals surface area contributed by atoms with Crippen molar-refractivity contribution in [1.82, 2.24) is 4.90 Å². The molecular weight excluding hydrogens is 306 g/mol. The van der Waals surface area contributed by atoms with Gasteiger partial charge in [-0.15, -0.1) is 11.8 Å². The van der Waals surface area contributed by atoms with Gasteiger partial charge in [-0.2, -0.15) is 0 Å². The average molecular weight is 329 g/mol. The van der Waals surface area contributed by atoms with Crippen LogP contribution in [-0.4, -0.2) is 38.1 Å². The molecule has 23 heavy (non-hydrogen) atoms. The normalized spacial score (nSPS) is 10.5. The number of methoxy groups -OCH3 is 1. The molecule has 0 heterocycles. The Morgan fingerprint density at radius 2 is 1.78 bits per heavy atom. The van der Waals surface area contributed by atoms with Crippen LogP contribution in [0, 0.1) is 0 Å². The zero-order valence-corrected chi connectivity index (χ0v) is 14.5. The lowest BCUT2D eigenvalue weighted by atomic mass is 10.1. The number of rotatable bonds is 8. The second kappa shape index (κ2) is 9.38. The zero-order chi connectivity index (χ0) is 16.5. The third-order valence-corrected chi connectivity index (χ3v) is 4.62. The zero-order valence-electron chi connectivity index (χ0n) is 13.7. The molecule has 2 rings (SSSR count). The van der Waals surface area contributed by atoms with E-state index in [0.717, 1.165) is 17.7 Å². The first-order chi connectivity index (χ1) is 11.2.